The van der Waals surface area contributed by atoms with Gasteiger partial charge in [0.05, 0.1) is 5.69 Å². The fraction of sp³-hybridized carbons (Fsp3) is 0.0833. The minimum atomic E-state index is -0.149. The summed E-state index contributed by atoms with van der Waals surface area (Å²) >= 11 is 7.02. The first-order chi connectivity index (χ1) is 8.04. The van der Waals surface area contributed by atoms with Gasteiger partial charge in [-0.3, -0.25) is 0 Å². The van der Waals surface area contributed by atoms with Gasteiger partial charge in [0.2, 0.25) is 6.08 Å². The summed E-state index contributed by atoms with van der Waals surface area (Å²) in [5.41, 5.74) is 1.75. The molecule has 2 aromatic carbocycles. The van der Waals surface area contributed by atoms with E-state index >= 15 is 0 Å². The highest BCUT2D eigenvalue weighted by Gasteiger charge is 2.26. The first-order valence-electron chi connectivity index (χ1n) is 4.71. The lowest BCUT2D eigenvalue weighted by Crippen LogP contribution is -1.99. The van der Waals surface area contributed by atoms with Crippen LogP contribution in [0.5, 0.6) is 0 Å². The van der Waals surface area contributed by atoms with Crippen LogP contribution in [0.25, 0.3) is 10.8 Å². The van der Waals surface area contributed by atoms with Crippen LogP contribution in [0, 0.1) is 0 Å². The molecule has 0 fully saturated rings. The second kappa shape index (κ2) is 5.50. The summed E-state index contributed by atoms with van der Waals surface area (Å²) in [5, 5.41) is 2.28. The van der Waals surface area contributed by atoms with Crippen molar-refractivity contribution in [1.82, 2.24) is 0 Å². The number of hydrogen-bond acceptors (Lipinski definition) is 2. The Morgan fingerprint density at radius 2 is 1.76 bits per heavy atom. The predicted octanol–water partition coefficient (Wildman–Crippen LogP) is 5.22. The Morgan fingerprint density at radius 3 is 2.41 bits per heavy atom. The molecule has 0 aliphatic carbocycles. The van der Waals surface area contributed by atoms with Crippen LogP contribution in [-0.2, 0) is 4.23 Å². The van der Waals surface area contributed by atoms with Crippen LogP contribution in [0.15, 0.2) is 41.4 Å². The van der Waals surface area contributed by atoms with Crippen molar-refractivity contribution in [1.29, 1.82) is 0 Å². The van der Waals surface area contributed by atoms with E-state index < -0.39 is 0 Å². The lowest BCUT2D eigenvalue weighted by Gasteiger charge is -2.17. The van der Waals surface area contributed by atoms with Crippen LogP contribution in [0.2, 0.25) is 0 Å². The SMILES string of the molecule is O=C=Nc1ccc2ccccc2c1C(I)(I)I. The van der Waals surface area contributed by atoms with Crippen molar-refractivity contribution in [2.75, 3.05) is 0 Å². The first kappa shape index (κ1) is 13.7. The van der Waals surface area contributed by atoms with Crippen molar-refractivity contribution in [3.05, 3.63) is 42.0 Å². The number of nitrogens with zero attached hydrogens (tertiary/aromatic N) is 1. The molecular weight excluding hydrogens is 555 g/mol. The van der Waals surface area contributed by atoms with Gasteiger partial charge in [-0.15, -0.1) is 0 Å². The van der Waals surface area contributed by atoms with Crippen molar-refractivity contribution < 1.29 is 4.79 Å². The third-order valence-electron chi connectivity index (χ3n) is 2.36. The number of fused-ring (bicyclic) bond motifs is 1. The molecule has 0 aliphatic rings. The van der Waals surface area contributed by atoms with Gasteiger partial charge in [0.1, 0.15) is 0 Å². The van der Waals surface area contributed by atoms with Gasteiger partial charge in [0.25, 0.3) is 0 Å². The van der Waals surface area contributed by atoms with E-state index in [0.29, 0.717) is 5.69 Å². The second-order valence-electron chi connectivity index (χ2n) is 3.38. The Kier molecular flexibility index (Phi) is 4.43. The molecule has 2 nitrogen and oxygen atoms in total. The van der Waals surface area contributed by atoms with Crippen LogP contribution in [0.3, 0.4) is 0 Å². The average molecular weight is 561 g/mol. The van der Waals surface area contributed by atoms with E-state index in [4.69, 9.17) is 0 Å². The van der Waals surface area contributed by atoms with Gasteiger partial charge >= 0.3 is 0 Å². The van der Waals surface area contributed by atoms with Crippen molar-refractivity contribution in [2.45, 2.75) is -0.565 Å². The monoisotopic (exact) mass is 561 g/mol. The van der Waals surface area contributed by atoms with Crippen LogP contribution in [-0.4, -0.2) is 6.08 Å². The zero-order chi connectivity index (χ0) is 12.5. The van der Waals surface area contributed by atoms with Crippen LogP contribution in [0.1, 0.15) is 5.56 Å². The number of rotatable bonds is 2. The van der Waals surface area contributed by atoms with Crippen molar-refractivity contribution in [3.8, 4) is 0 Å². The largest absolute Gasteiger partial charge is 0.240 e. The van der Waals surface area contributed by atoms with E-state index in [2.05, 4.69) is 84.9 Å². The number of hydrogen-bond donors (Lipinski definition) is 0. The van der Waals surface area contributed by atoms with Crippen molar-refractivity contribution >= 4 is 90.3 Å². The maximum Gasteiger partial charge on any atom is 0.240 e. The van der Waals surface area contributed by atoms with Crippen LogP contribution < -0.4 is 0 Å². The number of alkyl halides is 3. The Bertz CT molecular complexity index is 613. The summed E-state index contributed by atoms with van der Waals surface area (Å²) in [6, 6.07) is 12.0. The minimum absolute atomic E-state index is 0.149. The molecule has 17 heavy (non-hydrogen) atoms. The number of benzene rings is 2. The van der Waals surface area contributed by atoms with E-state index in [1.165, 1.54) is 0 Å². The molecule has 0 radical (unpaired) electrons. The molecule has 0 amide bonds. The van der Waals surface area contributed by atoms with Gasteiger partial charge in [-0.25, -0.2) is 4.79 Å². The summed E-state index contributed by atoms with van der Waals surface area (Å²) in [6.07, 6.45) is 1.63. The molecule has 2 rings (SSSR count). The number of isocyanates is 1. The van der Waals surface area contributed by atoms with Gasteiger partial charge in [0.15, 0.2) is -0.565 Å². The molecule has 0 bridgehead atoms. The topological polar surface area (TPSA) is 29.4 Å². The van der Waals surface area contributed by atoms with Gasteiger partial charge in [-0.2, -0.15) is 4.99 Å². The lowest BCUT2D eigenvalue weighted by molar-refractivity contribution is 0.565. The molecule has 0 N–H and O–H groups in total. The third kappa shape index (κ3) is 2.99. The lowest BCUT2D eigenvalue weighted by atomic mass is 10.0. The maximum absolute atomic E-state index is 10.5. The highest BCUT2D eigenvalue weighted by molar-refractivity contribution is 14.3. The molecule has 0 aromatic heterocycles. The summed E-state index contributed by atoms with van der Waals surface area (Å²) < 4.78 is -0.149. The Morgan fingerprint density at radius 1 is 1.06 bits per heavy atom. The summed E-state index contributed by atoms with van der Waals surface area (Å²) in [6.45, 7) is 0. The van der Waals surface area contributed by atoms with Crippen LogP contribution in [0.4, 0.5) is 5.69 Å². The predicted molar refractivity (Wildman–Crippen MR) is 95.5 cm³/mol. The molecule has 0 atom stereocenters. The molecule has 2 aromatic rings. The standard InChI is InChI=1S/C12H6I3NO/c13-12(14,15)11-9-4-2-1-3-8(9)5-6-10(11)16-7-17/h1-6H. The molecular formula is C12H6I3NO. The van der Waals surface area contributed by atoms with Crippen molar-refractivity contribution in [2.24, 2.45) is 4.99 Å². The first-order valence-corrected chi connectivity index (χ1v) is 7.94. The molecule has 0 unspecified atom stereocenters. The zero-order valence-electron chi connectivity index (χ0n) is 8.45. The van der Waals surface area contributed by atoms with E-state index in [1.807, 2.05) is 24.3 Å². The molecule has 0 saturated carbocycles. The van der Waals surface area contributed by atoms with Gasteiger partial charge in [0, 0.05) is 5.56 Å². The van der Waals surface area contributed by atoms with E-state index in [0.717, 1.165) is 16.3 Å². The highest BCUT2D eigenvalue weighted by atomic mass is 127. The number of carbonyl (C=O) groups excluding carboxylic acids is 1. The van der Waals surface area contributed by atoms with E-state index in [9.17, 15) is 4.79 Å². The maximum atomic E-state index is 10.5. The Hall–Kier alpha value is 0.270. The molecule has 0 spiro atoms. The summed E-state index contributed by atoms with van der Waals surface area (Å²) in [5.74, 6) is 0. The van der Waals surface area contributed by atoms with Crippen LogP contribution >= 0.6 is 67.8 Å². The second-order valence-corrected chi connectivity index (χ2v) is 14.4. The molecule has 0 aliphatic heterocycles. The van der Waals surface area contributed by atoms with E-state index in [-0.39, 0.29) is -0.565 Å². The highest BCUT2D eigenvalue weighted by Crippen LogP contribution is 2.52. The summed E-state index contributed by atoms with van der Waals surface area (Å²) in [7, 11) is 0. The minimum Gasteiger partial charge on any atom is -0.211 e. The fourth-order valence-corrected chi connectivity index (χ4v) is 3.40. The van der Waals surface area contributed by atoms with Gasteiger partial charge in [-0.1, -0.05) is 30.3 Å². The Balaban J connectivity index is 2.89. The number of halogens is 3. The van der Waals surface area contributed by atoms with E-state index in [1.54, 1.807) is 6.08 Å². The fourth-order valence-electron chi connectivity index (χ4n) is 1.70. The zero-order valence-corrected chi connectivity index (χ0v) is 14.9. The van der Waals surface area contributed by atoms with Crippen molar-refractivity contribution in [3.63, 3.8) is 0 Å². The summed E-state index contributed by atoms with van der Waals surface area (Å²) in [4.78, 5) is 14.3. The smallest absolute Gasteiger partial charge is 0.211 e. The quantitative estimate of drug-likeness (QED) is 0.214. The normalized spacial score (nSPS) is 11.2. The Labute approximate surface area is 140 Å². The molecule has 86 valence electrons. The van der Waals surface area contributed by atoms with Gasteiger partial charge < -0.3 is 0 Å². The molecule has 5 heteroatoms. The third-order valence-corrected chi connectivity index (χ3v) is 3.97. The molecule has 0 heterocycles. The average Bonchev–Trinajstić information content (AvgIpc) is 2.27. The number of aliphatic imine (C=N–C) groups is 1. The van der Waals surface area contributed by atoms with Gasteiger partial charge in [-0.05, 0) is 84.6 Å². The molecule has 0 saturated heterocycles.